The predicted octanol–water partition coefficient (Wildman–Crippen LogP) is 0.630. The second kappa shape index (κ2) is 9.38. The van der Waals surface area contributed by atoms with Crippen LogP contribution in [0.4, 0.5) is 0 Å². The van der Waals surface area contributed by atoms with Gasteiger partial charge in [0.05, 0.1) is 0 Å². The molecule has 0 rings (SSSR count). The molecular formula is C8H20KNOP-. The summed E-state index contributed by atoms with van der Waals surface area (Å²) >= 11 is 0. The third kappa shape index (κ3) is 22.6. The topological polar surface area (TPSA) is 40.9 Å². The molecule has 0 aliphatic heterocycles. The van der Waals surface area contributed by atoms with Gasteiger partial charge in [0.1, 0.15) is 0 Å². The summed E-state index contributed by atoms with van der Waals surface area (Å²) in [4.78, 5) is 0. The third-order valence-electron chi connectivity index (χ3n) is 1.09. The van der Waals surface area contributed by atoms with Gasteiger partial charge in [0.25, 0.3) is 0 Å². The van der Waals surface area contributed by atoms with Gasteiger partial charge in [-0.1, -0.05) is 27.7 Å². The Bertz CT molecular complexity index is 128. The van der Waals surface area contributed by atoms with Crippen molar-refractivity contribution in [2.45, 2.75) is 39.4 Å². The van der Waals surface area contributed by atoms with Crippen LogP contribution < -0.4 is 51.4 Å². The first-order valence-corrected chi connectivity index (χ1v) is 6.21. The monoisotopic (exact) mass is 216 g/mol. The molecule has 2 nitrogen and oxygen atoms in total. The van der Waals surface area contributed by atoms with Crippen LogP contribution in [-0.2, 0) is 4.57 Å². The van der Waals surface area contributed by atoms with Crippen LogP contribution in [0, 0.1) is 6.66 Å². The molecule has 12 heavy (non-hydrogen) atoms. The summed E-state index contributed by atoms with van der Waals surface area (Å²) in [6, 6.07) is 0.0833. The molecule has 4 heteroatoms. The van der Waals surface area contributed by atoms with Crippen molar-refractivity contribution in [3.05, 3.63) is 12.4 Å². The van der Waals surface area contributed by atoms with E-state index in [0.717, 1.165) is 0 Å². The number of hydrogen-bond acceptors (Lipinski definition) is 1. The van der Waals surface area contributed by atoms with Gasteiger partial charge in [-0.2, -0.15) is 0 Å². The Morgan fingerprint density at radius 1 is 1.25 bits per heavy atom. The maximum Gasteiger partial charge on any atom is 1.00 e. The molecule has 0 aromatic heterocycles. The standard InChI is InChI=1S/C5H12OP.C3H8N.K/c1-5(2)7(3,4)6;1-3(2)4;/h5H,3H2,1-2,4H3;3-4H,1-2H3;/q2*-1;+1. The summed E-state index contributed by atoms with van der Waals surface area (Å²) in [5.74, 6) is 0. The van der Waals surface area contributed by atoms with Crippen molar-refractivity contribution in [3.63, 3.8) is 0 Å². The molecule has 0 aliphatic carbocycles. The molecule has 0 fully saturated rings. The van der Waals surface area contributed by atoms with Crippen LogP contribution in [0.2, 0.25) is 0 Å². The average Bonchev–Trinajstić information content (AvgIpc) is 1.59. The van der Waals surface area contributed by atoms with Crippen LogP contribution in [0.3, 0.4) is 0 Å². The Kier molecular flexibility index (Phi) is 15.2. The van der Waals surface area contributed by atoms with Crippen molar-refractivity contribution in [2.75, 3.05) is 6.66 Å². The third-order valence-corrected chi connectivity index (χ3v) is 3.28. The van der Waals surface area contributed by atoms with Gasteiger partial charge in [0.2, 0.25) is 0 Å². The van der Waals surface area contributed by atoms with E-state index in [9.17, 15) is 4.57 Å². The van der Waals surface area contributed by atoms with Crippen molar-refractivity contribution in [3.8, 4) is 0 Å². The molecule has 0 aromatic rings. The van der Waals surface area contributed by atoms with Gasteiger partial charge in [0.15, 0.2) is 0 Å². The second-order valence-electron chi connectivity index (χ2n) is 3.42. The molecule has 0 saturated heterocycles. The summed E-state index contributed by atoms with van der Waals surface area (Å²) in [6.07, 6.45) is 0. The van der Waals surface area contributed by atoms with Gasteiger partial charge in [0, 0.05) is 0 Å². The number of nitrogens with one attached hydrogen (secondary N) is 1. The van der Waals surface area contributed by atoms with Crippen LogP contribution in [0.5, 0.6) is 0 Å². The van der Waals surface area contributed by atoms with Crippen molar-refractivity contribution >= 4 is 7.14 Å². The quantitative estimate of drug-likeness (QED) is 0.360. The minimum Gasteiger partial charge on any atom is -0.675 e. The molecule has 70 valence electrons. The molecule has 0 radical (unpaired) electrons. The van der Waals surface area contributed by atoms with Gasteiger partial charge in [-0.15, -0.1) is 6.04 Å². The zero-order valence-electron chi connectivity index (χ0n) is 9.22. The molecule has 0 heterocycles. The van der Waals surface area contributed by atoms with E-state index in [-0.39, 0.29) is 63.1 Å². The Hall–Kier alpha value is 1.83. The SMILES string of the molecule is CC(C)[NH-].[CH2-]P(C)(=O)C(C)C.[K+]. The first-order valence-electron chi connectivity index (χ1n) is 3.80. The second-order valence-corrected chi connectivity index (χ2v) is 6.80. The van der Waals surface area contributed by atoms with Crippen LogP contribution in [-0.4, -0.2) is 18.4 Å². The fraction of sp³-hybridized carbons (Fsp3) is 0.875. The first-order chi connectivity index (χ1) is 4.68. The normalized spacial score (nSPS) is 14.4. The maximum absolute atomic E-state index is 10.8. The number of rotatable bonds is 1. The van der Waals surface area contributed by atoms with Crippen molar-refractivity contribution < 1.29 is 55.9 Å². The smallest absolute Gasteiger partial charge is 0.675 e. The van der Waals surface area contributed by atoms with E-state index in [2.05, 4.69) is 6.66 Å². The zero-order valence-corrected chi connectivity index (χ0v) is 13.2. The van der Waals surface area contributed by atoms with Gasteiger partial charge in [-0.3, -0.25) is 6.66 Å². The molecule has 0 saturated carbocycles. The van der Waals surface area contributed by atoms with Crippen LogP contribution in [0.1, 0.15) is 27.7 Å². The van der Waals surface area contributed by atoms with Gasteiger partial charge < -0.3 is 10.3 Å². The van der Waals surface area contributed by atoms with Crippen LogP contribution >= 0.6 is 7.14 Å². The maximum atomic E-state index is 10.8. The molecule has 1 atom stereocenters. The van der Waals surface area contributed by atoms with Crippen LogP contribution in [0.15, 0.2) is 0 Å². The molecule has 1 unspecified atom stereocenters. The fourth-order valence-corrected chi connectivity index (χ4v) is 0. The average molecular weight is 216 g/mol. The van der Waals surface area contributed by atoms with E-state index in [0.29, 0.717) is 0 Å². The minimum absolute atomic E-state index is 0. The predicted molar refractivity (Wildman–Crippen MR) is 53.5 cm³/mol. The fourth-order valence-electron chi connectivity index (χ4n) is 0. The zero-order chi connectivity index (χ0) is 9.65. The number of hydrogen-bond donors (Lipinski definition) is 0. The molecule has 0 amide bonds. The largest absolute Gasteiger partial charge is 1.00 e. The van der Waals surface area contributed by atoms with Gasteiger partial charge in [-0.25, -0.2) is 0 Å². The summed E-state index contributed by atoms with van der Waals surface area (Å²) in [7, 11) is -1.99. The van der Waals surface area contributed by atoms with E-state index >= 15 is 0 Å². The molecule has 0 aromatic carbocycles. The van der Waals surface area contributed by atoms with Crippen molar-refractivity contribution in [2.24, 2.45) is 0 Å². The molecule has 0 aliphatic rings. The minimum atomic E-state index is -1.99. The van der Waals surface area contributed by atoms with Crippen molar-refractivity contribution in [1.82, 2.24) is 0 Å². The van der Waals surface area contributed by atoms with E-state index < -0.39 is 7.14 Å². The van der Waals surface area contributed by atoms with Gasteiger partial charge >= 0.3 is 51.4 Å². The van der Waals surface area contributed by atoms with E-state index in [1.54, 1.807) is 6.66 Å². The van der Waals surface area contributed by atoms with E-state index in [1.165, 1.54) is 0 Å². The van der Waals surface area contributed by atoms with E-state index in [4.69, 9.17) is 5.73 Å². The Morgan fingerprint density at radius 3 is 1.33 bits per heavy atom. The molecule has 1 N–H and O–H groups in total. The Labute approximate surface area is 120 Å². The molecular weight excluding hydrogens is 196 g/mol. The first kappa shape index (κ1) is 19.4. The van der Waals surface area contributed by atoms with Crippen LogP contribution in [0.25, 0.3) is 5.73 Å². The Balaban J connectivity index is -0.000000142. The molecule has 0 bridgehead atoms. The summed E-state index contributed by atoms with van der Waals surface area (Å²) in [6.45, 7) is 12.7. The summed E-state index contributed by atoms with van der Waals surface area (Å²) in [5, 5.41) is 0. The Morgan fingerprint density at radius 2 is 1.33 bits per heavy atom. The summed E-state index contributed by atoms with van der Waals surface area (Å²) in [5.41, 5.74) is 6.83. The summed E-state index contributed by atoms with van der Waals surface area (Å²) < 4.78 is 10.8. The van der Waals surface area contributed by atoms with E-state index in [1.807, 2.05) is 27.7 Å². The van der Waals surface area contributed by atoms with Gasteiger partial charge in [-0.05, 0) is 19.5 Å². The van der Waals surface area contributed by atoms with Crippen molar-refractivity contribution in [1.29, 1.82) is 0 Å². The molecule has 0 spiro atoms.